The first-order chi connectivity index (χ1) is 18.4. The summed E-state index contributed by atoms with van der Waals surface area (Å²) in [6, 6.07) is 26.0. The Morgan fingerprint density at radius 2 is 1.51 bits per heavy atom. The monoisotopic (exact) mass is 583 g/mol. The van der Waals surface area contributed by atoms with Gasteiger partial charge in [0.2, 0.25) is 10.0 Å². The van der Waals surface area contributed by atoms with Crippen molar-refractivity contribution >= 4 is 54.6 Å². The second-order valence-corrected chi connectivity index (χ2v) is 12.9. The summed E-state index contributed by atoms with van der Waals surface area (Å²) in [5, 5.41) is 3.16. The number of carbonyl (C=O) groups excluding carboxylic acids is 1. The van der Waals surface area contributed by atoms with Crippen molar-refractivity contribution in [2.45, 2.75) is 18.4 Å². The summed E-state index contributed by atoms with van der Waals surface area (Å²) in [6.45, 7) is 1.87. The van der Waals surface area contributed by atoms with Crippen molar-refractivity contribution in [1.82, 2.24) is 0 Å². The highest BCUT2D eigenvalue weighted by atomic mass is 35.5. The minimum atomic E-state index is -3.80. The third-order valence-electron chi connectivity index (χ3n) is 5.85. The highest BCUT2D eigenvalue weighted by molar-refractivity contribution is 7.92. The first-order valence-electron chi connectivity index (χ1n) is 11.7. The molecule has 0 saturated heterocycles. The summed E-state index contributed by atoms with van der Waals surface area (Å²) in [5.41, 5.74) is 3.17. The fourth-order valence-corrected chi connectivity index (χ4v) is 5.97. The van der Waals surface area contributed by atoms with E-state index < -0.39 is 26.0 Å². The van der Waals surface area contributed by atoms with E-state index >= 15 is 0 Å². The third kappa shape index (κ3) is 7.17. The van der Waals surface area contributed by atoms with E-state index in [2.05, 4.69) is 10.0 Å². The molecule has 0 saturated carbocycles. The maximum absolute atomic E-state index is 12.8. The van der Waals surface area contributed by atoms with Crippen molar-refractivity contribution in [1.29, 1.82) is 0 Å². The number of sulfonamides is 2. The molecule has 0 atom stereocenters. The third-order valence-corrected chi connectivity index (χ3v) is 8.61. The molecule has 0 aromatic heterocycles. The van der Waals surface area contributed by atoms with Gasteiger partial charge in [0.05, 0.1) is 29.1 Å². The molecule has 0 fully saturated rings. The smallest absolute Gasteiger partial charge is 0.261 e. The van der Waals surface area contributed by atoms with Gasteiger partial charge in [0.1, 0.15) is 0 Å². The van der Waals surface area contributed by atoms with Crippen LogP contribution in [0.5, 0.6) is 0 Å². The van der Waals surface area contributed by atoms with Gasteiger partial charge in [-0.3, -0.25) is 13.8 Å². The second kappa shape index (κ2) is 11.5. The van der Waals surface area contributed by atoms with Crippen LogP contribution < -0.4 is 14.3 Å². The van der Waals surface area contributed by atoms with Crippen molar-refractivity contribution in [3.05, 3.63) is 119 Å². The quantitative estimate of drug-likeness (QED) is 0.264. The highest BCUT2D eigenvalue weighted by Crippen LogP contribution is 2.25. The average molecular weight is 584 g/mol. The van der Waals surface area contributed by atoms with Crippen LogP contribution in [0.1, 0.15) is 21.5 Å². The predicted molar refractivity (Wildman–Crippen MR) is 155 cm³/mol. The highest BCUT2D eigenvalue weighted by Gasteiger charge is 2.19. The number of para-hydroxylation sites is 1. The van der Waals surface area contributed by atoms with Crippen LogP contribution in [0.3, 0.4) is 0 Å². The molecule has 8 nitrogen and oxygen atoms in total. The molecule has 0 spiro atoms. The molecule has 0 radical (unpaired) electrons. The zero-order chi connectivity index (χ0) is 28.2. The van der Waals surface area contributed by atoms with Gasteiger partial charge >= 0.3 is 0 Å². The van der Waals surface area contributed by atoms with Gasteiger partial charge in [-0.25, -0.2) is 16.8 Å². The molecular formula is C28H26ClN3O5S2. The molecule has 0 heterocycles. The molecule has 1 amide bonds. The Hall–Kier alpha value is -3.86. The van der Waals surface area contributed by atoms with E-state index in [4.69, 9.17) is 11.6 Å². The first-order valence-corrected chi connectivity index (χ1v) is 15.5. The van der Waals surface area contributed by atoms with E-state index in [-0.39, 0.29) is 11.4 Å². The van der Waals surface area contributed by atoms with Crippen LogP contribution in [0.2, 0.25) is 5.02 Å². The van der Waals surface area contributed by atoms with E-state index in [1.807, 2.05) is 19.1 Å². The molecule has 39 heavy (non-hydrogen) atoms. The van der Waals surface area contributed by atoms with Crippen LogP contribution in [-0.2, 0) is 26.6 Å². The summed E-state index contributed by atoms with van der Waals surface area (Å²) in [5.74, 6) is -0.398. The lowest BCUT2D eigenvalue weighted by atomic mass is 10.1. The van der Waals surface area contributed by atoms with Gasteiger partial charge in [0.25, 0.3) is 15.9 Å². The number of nitrogens with zero attached hydrogens (tertiary/aromatic N) is 1. The Balaban J connectivity index is 1.43. The number of benzene rings is 4. The van der Waals surface area contributed by atoms with Crippen molar-refractivity contribution in [3.63, 3.8) is 0 Å². The van der Waals surface area contributed by atoms with E-state index in [1.54, 1.807) is 60.7 Å². The molecule has 0 aliphatic heterocycles. The van der Waals surface area contributed by atoms with Crippen LogP contribution >= 0.6 is 11.6 Å². The molecule has 0 aliphatic rings. The van der Waals surface area contributed by atoms with Gasteiger partial charge in [0, 0.05) is 16.3 Å². The zero-order valence-corrected chi connectivity index (χ0v) is 23.5. The number of nitrogens with one attached hydrogen (secondary N) is 2. The van der Waals surface area contributed by atoms with Gasteiger partial charge in [-0.2, -0.15) is 0 Å². The van der Waals surface area contributed by atoms with Crippen molar-refractivity contribution < 1.29 is 21.6 Å². The molecule has 202 valence electrons. The number of carbonyl (C=O) groups is 1. The number of amides is 1. The lowest BCUT2D eigenvalue weighted by Crippen LogP contribution is -2.29. The van der Waals surface area contributed by atoms with Crippen LogP contribution in [0.4, 0.5) is 17.1 Å². The molecule has 4 aromatic rings. The molecule has 4 rings (SSSR count). The van der Waals surface area contributed by atoms with Crippen molar-refractivity contribution in [3.8, 4) is 0 Å². The number of hydrogen-bond donors (Lipinski definition) is 2. The minimum Gasteiger partial charge on any atom is -0.322 e. The topological polar surface area (TPSA) is 113 Å². The lowest BCUT2D eigenvalue weighted by Gasteiger charge is -2.22. The summed E-state index contributed by atoms with van der Waals surface area (Å²) in [4.78, 5) is 12.8. The maximum Gasteiger partial charge on any atom is 0.261 e. The standard InChI is InChI=1S/C28H26ClN3O5S2/c1-20-6-3-4-9-27(20)31-39(36,37)26-16-14-24(15-17-26)30-28(33)22-12-10-21(11-13-22)19-32(38(2,34)35)25-8-5-7-23(29)18-25/h3-18,31H,19H2,1-2H3,(H,30,33). The predicted octanol–water partition coefficient (Wildman–Crippen LogP) is 5.67. The molecule has 0 aliphatic carbocycles. The van der Waals surface area contributed by atoms with E-state index in [0.717, 1.165) is 11.8 Å². The Bertz CT molecular complexity index is 1710. The number of halogens is 1. The summed E-state index contributed by atoms with van der Waals surface area (Å²) in [7, 11) is -7.38. The van der Waals surface area contributed by atoms with Crippen LogP contribution in [0, 0.1) is 6.92 Å². The molecule has 0 bridgehead atoms. The zero-order valence-electron chi connectivity index (χ0n) is 21.1. The minimum absolute atomic E-state index is 0.0586. The maximum atomic E-state index is 12.8. The van der Waals surface area contributed by atoms with E-state index in [9.17, 15) is 21.6 Å². The summed E-state index contributed by atoms with van der Waals surface area (Å²) in [6.07, 6.45) is 1.12. The molecule has 2 N–H and O–H groups in total. The van der Waals surface area contributed by atoms with Gasteiger partial charge in [-0.15, -0.1) is 0 Å². The van der Waals surface area contributed by atoms with Crippen molar-refractivity contribution in [2.24, 2.45) is 0 Å². The Kier molecular flexibility index (Phi) is 8.29. The number of aryl methyl sites for hydroxylation is 1. The number of hydrogen-bond acceptors (Lipinski definition) is 5. The molecule has 11 heteroatoms. The average Bonchev–Trinajstić information content (AvgIpc) is 2.88. The molecule has 0 unspecified atom stereocenters. The summed E-state index contributed by atoms with van der Waals surface area (Å²) < 4.78 is 54.1. The summed E-state index contributed by atoms with van der Waals surface area (Å²) >= 11 is 6.03. The number of rotatable bonds is 9. The van der Waals surface area contributed by atoms with Gasteiger partial charge in [-0.1, -0.05) is 48.0 Å². The van der Waals surface area contributed by atoms with Crippen molar-refractivity contribution in [2.75, 3.05) is 20.6 Å². The fraction of sp³-hybridized carbons (Fsp3) is 0.107. The normalized spacial score (nSPS) is 11.6. The van der Waals surface area contributed by atoms with E-state index in [1.165, 1.54) is 28.6 Å². The first kappa shape index (κ1) is 28.2. The molecular weight excluding hydrogens is 558 g/mol. The van der Waals surface area contributed by atoms with Crippen LogP contribution in [-0.4, -0.2) is 29.0 Å². The van der Waals surface area contributed by atoms with E-state index in [0.29, 0.717) is 33.2 Å². The van der Waals surface area contributed by atoms with Crippen LogP contribution in [0.25, 0.3) is 0 Å². The number of anilines is 3. The Morgan fingerprint density at radius 1 is 0.846 bits per heavy atom. The Labute approximate surface area is 233 Å². The fourth-order valence-electron chi connectivity index (χ4n) is 3.77. The molecule has 4 aromatic carbocycles. The Morgan fingerprint density at radius 3 is 2.13 bits per heavy atom. The van der Waals surface area contributed by atoms with Crippen LogP contribution in [0.15, 0.2) is 102 Å². The van der Waals surface area contributed by atoms with Gasteiger partial charge in [0.15, 0.2) is 0 Å². The second-order valence-electron chi connectivity index (χ2n) is 8.85. The lowest BCUT2D eigenvalue weighted by molar-refractivity contribution is 0.102. The SMILES string of the molecule is Cc1ccccc1NS(=O)(=O)c1ccc(NC(=O)c2ccc(CN(c3cccc(Cl)c3)S(C)(=O)=O)cc2)cc1. The van der Waals surface area contributed by atoms with Gasteiger partial charge < -0.3 is 5.32 Å². The largest absolute Gasteiger partial charge is 0.322 e. The van der Waals surface area contributed by atoms with Gasteiger partial charge in [-0.05, 0) is 78.7 Å².